The van der Waals surface area contributed by atoms with Crippen molar-refractivity contribution in [1.82, 2.24) is 0 Å². The summed E-state index contributed by atoms with van der Waals surface area (Å²) in [5, 5.41) is 0.0260. The Balaban J connectivity index is 4.00. The van der Waals surface area contributed by atoms with Crippen molar-refractivity contribution in [2.45, 2.75) is 27.7 Å². The lowest BCUT2D eigenvalue weighted by Gasteiger charge is -2.05. The Labute approximate surface area is 98.6 Å². The molecule has 0 heterocycles. The summed E-state index contributed by atoms with van der Waals surface area (Å²) in [7, 11) is 0. The number of carbonyl (C=O) groups excluding carboxylic acids is 2. The fourth-order valence-corrected chi connectivity index (χ4v) is 2.37. The van der Waals surface area contributed by atoms with Crippen molar-refractivity contribution in [3.8, 4) is 0 Å². The van der Waals surface area contributed by atoms with Crippen molar-refractivity contribution in [3.05, 3.63) is 0 Å². The van der Waals surface area contributed by atoms with Gasteiger partial charge in [-0.2, -0.15) is 0 Å². The minimum Gasteiger partial charge on any atom is -0.287 e. The van der Waals surface area contributed by atoms with Crippen molar-refractivity contribution < 1.29 is 9.59 Å². The van der Waals surface area contributed by atoms with Gasteiger partial charge in [-0.1, -0.05) is 39.9 Å². The minimum absolute atomic E-state index is 0.0130. The molecule has 0 N–H and O–H groups in total. The summed E-state index contributed by atoms with van der Waals surface area (Å²) >= 11 is 6.91. The van der Waals surface area contributed by atoms with Crippen LogP contribution in [0.2, 0.25) is 0 Å². The van der Waals surface area contributed by atoms with E-state index in [0.717, 1.165) is 23.5 Å². The van der Waals surface area contributed by atoms with E-state index >= 15 is 0 Å². The molecule has 80 valence electrons. The van der Waals surface area contributed by atoms with Crippen molar-refractivity contribution in [2.24, 2.45) is 11.8 Å². The number of thiocarbonyl (C=S) groups is 1. The highest BCUT2D eigenvalue weighted by Gasteiger charge is 2.16. The molecule has 0 spiro atoms. The Morgan fingerprint density at radius 1 is 0.929 bits per heavy atom. The molecule has 0 radical (unpaired) electrons. The smallest absolute Gasteiger partial charge is 0.197 e. The van der Waals surface area contributed by atoms with E-state index in [4.69, 9.17) is 12.2 Å². The van der Waals surface area contributed by atoms with Crippen LogP contribution in [0.15, 0.2) is 0 Å². The van der Waals surface area contributed by atoms with E-state index in [1.54, 1.807) is 0 Å². The van der Waals surface area contributed by atoms with Gasteiger partial charge in [-0.15, -0.1) is 0 Å². The molecule has 0 aromatic carbocycles. The summed E-state index contributed by atoms with van der Waals surface area (Å²) in [5.74, 6) is -0.0968. The highest BCUT2D eigenvalue weighted by atomic mass is 32.2. The second-order valence-corrected chi connectivity index (χ2v) is 6.61. The molecule has 14 heavy (non-hydrogen) atoms. The maximum Gasteiger partial charge on any atom is 0.197 e. The highest BCUT2D eigenvalue weighted by molar-refractivity contribution is 8.56. The average Bonchev–Trinajstić information content (AvgIpc) is 2.03. The fourth-order valence-electron chi connectivity index (χ4n) is 0.421. The molecule has 0 rings (SSSR count). The molecule has 0 amide bonds. The van der Waals surface area contributed by atoms with E-state index in [1.807, 2.05) is 27.7 Å². The Hall–Kier alpha value is 0.130. The van der Waals surface area contributed by atoms with Crippen molar-refractivity contribution in [1.29, 1.82) is 0 Å². The maximum absolute atomic E-state index is 11.3. The van der Waals surface area contributed by atoms with Gasteiger partial charge in [0.15, 0.2) is 10.2 Å². The summed E-state index contributed by atoms with van der Waals surface area (Å²) in [6.07, 6.45) is 0. The zero-order valence-electron chi connectivity index (χ0n) is 8.70. The second kappa shape index (κ2) is 6.58. The van der Waals surface area contributed by atoms with Crippen molar-refractivity contribution in [3.63, 3.8) is 0 Å². The molecule has 0 unspecified atom stereocenters. The molecule has 0 aromatic rings. The van der Waals surface area contributed by atoms with Gasteiger partial charge in [0.1, 0.15) is 3.53 Å². The van der Waals surface area contributed by atoms with E-state index in [-0.39, 0.29) is 22.1 Å². The molecule has 0 bridgehead atoms. The third-order valence-electron chi connectivity index (χ3n) is 1.31. The van der Waals surface area contributed by atoms with Crippen LogP contribution in [0.3, 0.4) is 0 Å². The first-order chi connectivity index (χ1) is 6.34. The van der Waals surface area contributed by atoms with Crippen LogP contribution in [0.1, 0.15) is 27.7 Å². The first kappa shape index (κ1) is 14.1. The molecule has 0 aliphatic rings. The molecule has 0 fully saturated rings. The topological polar surface area (TPSA) is 34.1 Å². The molecule has 0 saturated heterocycles. The predicted octanol–water partition coefficient (Wildman–Crippen LogP) is 3.10. The molecule has 2 nitrogen and oxygen atoms in total. The van der Waals surface area contributed by atoms with Crippen LogP contribution >= 0.6 is 35.7 Å². The Bertz CT molecular complexity index is 222. The number of hydrogen-bond donors (Lipinski definition) is 0. The van der Waals surface area contributed by atoms with Crippen LogP contribution < -0.4 is 0 Å². The van der Waals surface area contributed by atoms with Crippen LogP contribution in [0.25, 0.3) is 0 Å². The van der Waals surface area contributed by atoms with Gasteiger partial charge in [-0.05, 0) is 23.5 Å². The Kier molecular flexibility index (Phi) is 6.64. The van der Waals surface area contributed by atoms with Crippen molar-refractivity contribution in [2.75, 3.05) is 0 Å². The summed E-state index contributed by atoms with van der Waals surface area (Å²) < 4.78 is 0.405. The molecule has 0 saturated carbocycles. The zero-order valence-corrected chi connectivity index (χ0v) is 11.1. The number of rotatable bonds is 2. The molecule has 0 aliphatic carbocycles. The summed E-state index contributed by atoms with van der Waals surface area (Å²) in [6, 6.07) is 0. The molecule has 0 aliphatic heterocycles. The fraction of sp³-hybridized carbons (Fsp3) is 0.667. The first-order valence-corrected chi connectivity index (χ1v) is 6.36. The quantitative estimate of drug-likeness (QED) is 0.703. The maximum atomic E-state index is 11.3. The Morgan fingerprint density at radius 3 is 1.43 bits per heavy atom. The van der Waals surface area contributed by atoms with E-state index < -0.39 is 0 Å². The number of thioether (sulfide) groups is 2. The molecule has 5 heteroatoms. The van der Waals surface area contributed by atoms with Crippen LogP contribution in [0.4, 0.5) is 0 Å². The van der Waals surface area contributed by atoms with Gasteiger partial charge >= 0.3 is 0 Å². The van der Waals surface area contributed by atoms with Gasteiger partial charge in [0.25, 0.3) is 0 Å². The van der Waals surface area contributed by atoms with E-state index in [9.17, 15) is 9.59 Å². The van der Waals surface area contributed by atoms with E-state index in [0.29, 0.717) is 3.53 Å². The zero-order chi connectivity index (χ0) is 11.3. The third-order valence-corrected chi connectivity index (χ3v) is 3.99. The minimum atomic E-state index is -0.0484. The number of hydrogen-bond acceptors (Lipinski definition) is 5. The Morgan fingerprint density at radius 2 is 1.21 bits per heavy atom. The van der Waals surface area contributed by atoms with Gasteiger partial charge in [0.05, 0.1) is 0 Å². The SMILES string of the molecule is CC(C)C(=O)SC(=S)SC(=O)C(C)C. The van der Waals surface area contributed by atoms with Crippen LogP contribution in [0.5, 0.6) is 0 Å². The van der Waals surface area contributed by atoms with Crippen LogP contribution in [0, 0.1) is 11.8 Å². The monoisotopic (exact) mass is 250 g/mol. The lowest BCUT2D eigenvalue weighted by Crippen LogP contribution is -2.07. The van der Waals surface area contributed by atoms with Gasteiger partial charge < -0.3 is 0 Å². The summed E-state index contributed by atoms with van der Waals surface area (Å²) in [6.45, 7) is 7.25. The standard InChI is InChI=1S/C9H14O2S3/c1-5(2)7(10)13-9(12)14-8(11)6(3)4/h5-6H,1-4H3. The normalized spacial score (nSPS) is 10.7. The van der Waals surface area contributed by atoms with E-state index in [1.165, 1.54) is 0 Å². The average molecular weight is 250 g/mol. The lowest BCUT2D eigenvalue weighted by atomic mass is 10.3. The summed E-state index contributed by atoms with van der Waals surface area (Å²) in [5.41, 5.74) is 0. The molecule has 0 aromatic heterocycles. The highest BCUT2D eigenvalue weighted by Crippen LogP contribution is 2.23. The molecular weight excluding hydrogens is 236 g/mol. The number of carbonyl (C=O) groups is 2. The van der Waals surface area contributed by atoms with Crippen molar-refractivity contribution >= 4 is 49.5 Å². The van der Waals surface area contributed by atoms with Crippen LogP contribution in [-0.2, 0) is 9.59 Å². The third kappa shape index (κ3) is 5.78. The first-order valence-electron chi connectivity index (χ1n) is 4.32. The largest absolute Gasteiger partial charge is 0.287 e. The van der Waals surface area contributed by atoms with Gasteiger partial charge in [0.2, 0.25) is 0 Å². The summed E-state index contributed by atoms with van der Waals surface area (Å²) in [4.78, 5) is 22.5. The predicted molar refractivity (Wildman–Crippen MR) is 67.5 cm³/mol. The van der Waals surface area contributed by atoms with Gasteiger partial charge in [-0.25, -0.2) is 0 Å². The van der Waals surface area contributed by atoms with Gasteiger partial charge in [0, 0.05) is 11.8 Å². The second-order valence-electron chi connectivity index (χ2n) is 3.40. The molecular formula is C9H14O2S3. The van der Waals surface area contributed by atoms with Crippen LogP contribution in [-0.4, -0.2) is 13.8 Å². The van der Waals surface area contributed by atoms with Gasteiger partial charge in [-0.3, -0.25) is 9.59 Å². The molecule has 0 atom stereocenters. The lowest BCUT2D eigenvalue weighted by molar-refractivity contribution is -0.114. The van der Waals surface area contributed by atoms with E-state index in [2.05, 4.69) is 0 Å².